The Hall–Kier alpha value is -1.58. The van der Waals surface area contributed by atoms with Crippen LogP contribution in [0.1, 0.15) is 0 Å². The first-order chi connectivity index (χ1) is 4.75. The zero-order valence-electron chi connectivity index (χ0n) is 5.09. The second kappa shape index (κ2) is 2.34. The highest BCUT2D eigenvalue weighted by atomic mass is 16.1. The number of hydrogen-bond acceptors (Lipinski definition) is 4. The summed E-state index contributed by atoms with van der Waals surface area (Å²) in [4.78, 5) is 13.7. The molecule has 0 amide bonds. The Labute approximate surface area is 57.3 Å². The van der Waals surface area contributed by atoms with E-state index in [1.165, 1.54) is 12.3 Å². The van der Waals surface area contributed by atoms with E-state index in [1.54, 1.807) is 0 Å². The zero-order valence-corrected chi connectivity index (χ0v) is 5.09. The Morgan fingerprint density at radius 1 is 1.50 bits per heavy atom. The van der Waals surface area contributed by atoms with Crippen molar-refractivity contribution in [3.8, 4) is 0 Å². The average Bonchev–Trinajstić information content (AvgIpc) is 1.95. The highest BCUT2D eigenvalue weighted by Gasteiger charge is 2.11. The number of carbonyl (C=O) groups is 1. The number of carbonyl (C=O) groups excluding carboxylic acids is 1. The number of aldehydes is 1. The van der Waals surface area contributed by atoms with Crippen LogP contribution in [0.15, 0.2) is 17.3 Å². The van der Waals surface area contributed by atoms with Crippen LogP contribution in [0.3, 0.4) is 0 Å². The van der Waals surface area contributed by atoms with Gasteiger partial charge in [0.25, 0.3) is 0 Å². The predicted molar refractivity (Wildman–Crippen MR) is 38.1 cm³/mol. The van der Waals surface area contributed by atoms with Gasteiger partial charge in [-0.2, -0.15) is 0 Å². The van der Waals surface area contributed by atoms with Crippen molar-refractivity contribution in [1.82, 2.24) is 0 Å². The largest absolute Gasteiger partial charge is 0.299 e. The van der Waals surface area contributed by atoms with Gasteiger partial charge in [0.1, 0.15) is 11.4 Å². The maximum Gasteiger partial charge on any atom is 0.170 e. The zero-order chi connectivity index (χ0) is 7.56. The molecule has 2 N–H and O–H groups in total. The Morgan fingerprint density at radius 2 is 2.20 bits per heavy atom. The molecule has 1 heterocycles. The highest BCUT2D eigenvalue weighted by molar-refractivity contribution is 6.79. The molecule has 0 radical (unpaired) electrons. The van der Waals surface area contributed by atoms with E-state index in [2.05, 4.69) is 4.99 Å². The summed E-state index contributed by atoms with van der Waals surface area (Å²) in [7, 11) is 0. The van der Waals surface area contributed by atoms with Crippen molar-refractivity contribution >= 4 is 23.4 Å². The summed E-state index contributed by atoms with van der Waals surface area (Å²) >= 11 is 0. The van der Waals surface area contributed by atoms with Crippen molar-refractivity contribution < 1.29 is 4.79 Å². The second-order valence-corrected chi connectivity index (χ2v) is 1.74. The van der Waals surface area contributed by atoms with Gasteiger partial charge in [-0.15, -0.1) is 0 Å². The lowest BCUT2D eigenvalue weighted by Crippen LogP contribution is -2.24. The van der Waals surface area contributed by atoms with Crippen LogP contribution in [0.5, 0.6) is 0 Å². The molecule has 0 atom stereocenters. The van der Waals surface area contributed by atoms with Gasteiger partial charge in [-0.25, -0.2) is 0 Å². The number of hydrogen-bond donors (Lipinski definition) is 2. The number of aliphatic imine (C=N–C) groups is 1. The molecule has 0 unspecified atom stereocenters. The number of nitrogens with zero attached hydrogens (tertiary/aromatic N) is 1. The maximum atomic E-state index is 10.1. The van der Waals surface area contributed by atoms with E-state index >= 15 is 0 Å². The van der Waals surface area contributed by atoms with Crippen LogP contribution in [-0.2, 0) is 4.79 Å². The summed E-state index contributed by atoms with van der Waals surface area (Å²) < 4.78 is 0. The predicted octanol–water partition coefficient (Wildman–Crippen LogP) is 0.193. The van der Waals surface area contributed by atoms with E-state index in [-0.39, 0.29) is 17.1 Å². The minimum Gasteiger partial charge on any atom is -0.299 e. The Kier molecular flexibility index (Phi) is 1.53. The third-order valence-corrected chi connectivity index (χ3v) is 1.09. The van der Waals surface area contributed by atoms with Gasteiger partial charge in [-0.05, 0) is 6.08 Å². The van der Waals surface area contributed by atoms with Crippen LogP contribution in [0.4, 0.5) is 0 Å². The smallest absolute Gasteiger partial charge is 0.170 e. The first kappa shape index (κ1) is 6.54. The van der Waals surface area contributed by atoms with E-state index in [4.69, 9.17) is 10.8 Å². The van der Waals surface area contributed by atoms with Crippen LogP contribution >= 0.6 is 0 Å². The topological polar surface area (TPSA) is 77.1 Å². The van der Waals surface area contributed by atoms with Crippen LogP contribution in [-0.4, -0.2) is 23.4 Å². The third-order valence-electron chi connectivity index (χ3n) is 1.09. The SMILES string of the molecule is N=C1C=CN=C(C=O)C1=N. The van der Waals surface area contributed by atoms with Gasteiger partial charge < -0.3 is 0 Å². The molecule has 10 heavy (non-hydrogen) atoms. The van der Waals surface area contributed by atoms with Gasteiger partial charge in [0.05, 0.1) is 5.71 Å². The van der Waals surface area contributed by atoms with Crippen LogP contribution in [0.25, 0.3) is 0 Å². The van der Waals surface area contributed by atoms with Crippen LogP contribution in [0, 0.1) is 10.8 Å². The number of nitrogens with one attached hydrogen (secondary N) is 2. The van der Waals surface area contributed by atoms with E-state index < -0.39 is 0 Å². The van der Waals surface area contributed by atoms with Gasteiger partial charge in [-0.3, -0.25) is 20.6 Å². The Bertz CT molecular complexity index is 262. The quantitative estimate of drug-likeness (QED) is 0.495. The fraction of sp³-hybridized carbons (Fsp3) is 0. The van der Waals surface area contributed by atoms with E-state index in [9.17, 15) is 4.79 Å². The fourth-order valence-corrected chi connectivity index (χ4v) is 0.567. The number of rotatable bonds is 1. The summed E-state index contributed by atoms with van der Waals surface area (Å²) in [6, 6.07) is 0. The van der Waals surface area contributed by atoms with Crippen molar-refractivity contribution in [2.45, 2.75) is 0 Å². The van der Waals surface area contributed by atoms with Gasteiger partial charge in [0.15, 0.2) is 6.29 Å². The highest BCUT2D eigenvalue weighted by Crippen LogP contribution is 1.93. The third kappa shape index (κ3) is 0.907. The molecule has 0 aromatic heterocycles. The summed E-state index contributed by atoms with van der Waals surface area (Å²) in [5.41, 5.74) is -0.0675. The lowest BCUT2D eigenvalue weighted by Gasteiger charge is -2.02. The molecule has 0 saturated heterocycles. The lowest BCUT2D eigenvalue weighted by molar-refractivity contribution is -0.102. The molecular weight excluding hydrogens is 130 g/mol. The monoisotopic (exact) mass is 135 g/mol. The Balaban J connectivity index is 3.03. The minimum absolute atomic E-state index is 0.0208. The summed E-state index contributed by atoms with van der Waals surface area (Å²) in [5, 5.41) is 14.2. The molecule has 4 heteroatoms. The molecule has 4 nitrogen and oxygen atoms in total. The molecule has 0 fully saturated rings. The minimum atomic E-state index is -0.113. The molecule has 0 aromatic carbocycles. The molecule has 0 bridgehead atoms. The second-order valence-electron chi connectivity index (χ2n) is 1.74. The first-order valence-corrected chi connectivity index (χ1v) is 2.63. The molecule has 1 aliphatic heterocycles. The standard InChI is InChI=1S/C6H5N3O/c7-4-1-2-9-5(3-10)6(4)8/h1-3,7-8H. The molecule has 50 valence electrons. The van der Waals surface area contributed by atoms with Crippen LogP contribution < -0.4 is 0 Å². The molecule has 0 saturated carbocycles. The summed E-state index contributed by atoms with van der Waals surface area (Å²) in [6.07, 6.45) is 3.18. The van der Waals surface area contributed by atoms with Crippen molar-refractivity contribution in [2.24, 2.45) is 4.99 Å². The van der Waals surface area contributed by atoms with Crippen molar-refractivity contribution in [2.75, 3.05) is 0 Å². The molecule has 0 aliphatic carbocycles. The van der Waals surface area contributed by atoms with E-state index in [0.29, 0.717) is 6.29 Å². The van der Waals surface area contributed by atoms with E-state index in [0.717, 1.165) is 0 Å². The van der Waals surface area contributed by atoms with Crippen LogP contribution in [0.2, 0.25) is 0 Å². The van der Waals surface area contributed by atoms with Gasteiger partial charge >= 0.3 is 0 Å². The van der Waals surface area contributed by atoms with Crippen molar-refractivity contribution in [3.63, 3.8) is 0 Å². The normalized spacial score (nSPS) is 17.0. The maximum absolute atomic E-state index is 10.1. The molecular formula is C6H5N3O. The molecule has 1 aliphatic rings. The van der Waals surface area contributed by atoms with Crippen molar-refractivity contribution in [3.05, 3.63) is 12.3 Å². The van der Waals surface area contributed by atoms with Gasteiger partial charge in [-0.1, -0.05) is 0 Å². The average molecular weight is 135 g/mol. The first-order valence-electron chi connectivity index (χ1n) is 2.63. The van der Waals surface area contributed by atoms with Crippen molar-refractivity contribution in [1.29, 1.82) is 10.8 Å². The molecule has 0 spiro atoms. The Morgan fingerprint density at radius 3 is 2.70 bits per heavy atom. The van der Waals surface area contributed by atoms with Gasteiger partial charge in [0, 0.05) is 6.20 Å². The molecule has 1 rings (SSSR count). The number of allylic oxidation sites excluding steroid dienone is 1. The molecule has 0 aromatic rings. The summed E-state index contributed by atoms with van der Waals surface area (Å²) in [5.74, 6) is 0. The summed E-state index contributed by atoms with van der Waals surface area (Å²) in [6.45, 7) is 0. The van der Waals surface area contributed by atoms with E-state index in [1.807, 2.05) is 0 Å². The fourth-order valence-electron chi connectivity index (χ4n) is 0.567. The lowest BCUT2D eigenvalue weighted by atomic mass is 10.1. The van der Waals surface area contributed by atoms with Gasteiger partial charge in [0.2, 0.25) is 0 Å².